The molecule has 4 nitrogen and oxygen atoms in total. The van der Waals surface area contributed by atoms with E-state index in [2.05, 4.69) is 0 Å². The Morgan fingerprint density at radius 2 is 2.23 bits per heavy atom. The van der Waals surface area contributed by atoms with Gasteiger partial charge in [0.1, 0.15) is 11.9 Å². The summed E-state index contributed by atoms with van der Waals surface area (Å²) in [7, 11) is -4.47. The first-order valence-corrected chi connectivity index (χ1v) is 5.52. The maximum absolute atomic E-state index is 12.0. The third-order valence-electron chi connectivity index (χ3n) is 1.80. The van der Waals surface area contributed by atoms with Crippen molar-refractivity contribution < 1.29 is 17.0 Å². The summed E-state index contributed by atoms with van der Waals surface area (Å²) in [4.78, 5) is 0. The molecule has 1 aliphatic rings. The fraction of sp³-hybridized carbons (Fsp3) is 0.857. The zero-order valence-corrected chi connectivity index (χ0v) is 7.76. The molecule has 0 aromatic rings. The van der Waals surface area contributed by atoms with Crippen molar-refractivity contribution in [2.75, 3.05) is 12.4 Å². The zero-order chi connectivity index (χ0) is 9.90. The highest BCUT2D eigenvalue weighted by Gasteiger charge is 2.32. The van der Waals surface area contributed by atoms with Crippen molar-refractivity contribution in [1.29, 1.82) is 5.26 Å². The van der Waals surface area contributed by atoms with Crippen LogP contribution >= 0.6 is 0 Å². The quantitative estimate of drug-likeness (QED) is 0.619. The molecule has 74 valence electrons. The molecule has 1 fully saturated rings. The predicted octanol–water partition coefficient (Wildman–Crippen LogP) is 0.604. The molecule has 0 radical (unpaired) electrons. The van der Waals surface area contributed by atoms with Gasteiger partial charge in [0.2, 0.25) is 0 Å². The third-order valence-corrected chi connectivity index (χ3v) is 2.46. The van der Waals surface area contributed by atoms with E-state index in [0.29, 0.717) is 0 Å². The van der Waals surface area contributed by atoms with Gasteiger partial charge in [0.25, 0.3) is 0 Å². The van der Waals surface area contributed by atoms with Crippen LogP contribution in [0.2, 0.25) is 0 Å². The normalized spacial score (nSPS) is 19.4. The van der Waals surface area contributed by atoms with Crippen molar-refractivity contribution in [3.63, 3.8) is 0 Å². The first kappa shape index (κ1) is 10.4. The van der Waals surface area contributed by atoms with E-state index in [1.165, 1.54) is 0 Å². The molecule has 0 amide bonds. The van der Waals surface area contributed by atoms with Crippen molar-refractivity contribution >= 4 is 10.2 Å². The molecular weight excluding hydrogens is 197 g/mol. The van der Waals surface area contributed by atoms with Gasteiger partial charge in [-0.2, -0.15) is 13.7 Å². The molecule has 0 aromatic carbocycles. The summed E-state index contributed by atoms with van der Waals surface area (Å²) in [5, 5.41) is 8.55. The van der Waals surface area contributed by atoms with Gasteiger partial charge < -0.3 is 4.74 Å². The van der Waals surface area contributed by atoms with Crippen LogP contribution in [0.25, 0.3) is 0 Å². The highest BCUT2D eigenvalue weighted by Crippen LogP contribution is 2.33. The van der Waals surface area contributed by atoms with E-state index >= 15 is 0 Å². The Labute approximate surface area is 76.5 Å². The van der Waals surface area contributed by atoms with Gasteiger partial charge in [-0.15, -0.1) is 3.89 Å². The van der Waals surface area contributed by atoms with Crippen LogP contribution in [-0.2, 0) is 15.0 Å². The Morgan fingerprint density at radius 3 is 2.62 bits per heavy atom. The fourth-order valence-electron chi connectivity index (χ4n) is 0.952. The lowest BCUT2D eigenvalue weighted by atomic mass is 10.2. The number of nitrogens with zero attached hydrogens (tertiary/aromatic N) is 1. The molecule has 0 aromatic heterocycles. The molecule has 1 atom stereocenters. The largest absolute Gasteiger partial charge is 0.362 e. The van der Waals surface area contributed by atoms with Crippen LogP contribution in [0.4, 0.5) is 3.89 Å². The Balaban J connectivity index is 2.21. The summed E-state index contributed by atoms with van der Waals surface area (Å²) in [6.45, 7) is -0.242. The monoisotopic (exact) mass is 207 g/mol. The van der Waals surface area contributed by atoms with Gasteiger partial charge in [0.05, 0.1) is 12.7 Å². The van der Waals surface area contributed by atoms with Gasteiger partial charge in [-0.1, -0.05) is 0 Å². The maximum atomic E-state index is 12.0. The number of hydrogen-bond donors (Lipinski definition) is 0. The van der Waals surface area contributed by atoms with Crippen LogP contribution in [0.5, 0.6) is 0 Å². The van der Waals surface area contributed by atoms with Crippen LogP contribution in [0.3, 0.4) is 0 Å². The van der Waals surface area contributed by atoms with Crippen molar-refractivity contribution in [3.05, 3.63) is 0 Å². The zero-order valence-electron chi connectivity index (χ0n) is 6.94. The Kier molecular flexibility index (Phi) is 3.22. The minimum absolute atomic E-state index is 0.215. The molecule has 0 N–H and O–H groups in total. The molecule has 0 saturated heterocycles. The summed E-state index contributed by atoms with van der Waals surface area (Å²) in [6, 6.07) is 1.91. The number of ether oxygens (including phenoxy) is 1. The van der Waals surface area contributed by atoms with E-state index in [4.69, 9.17) is 10.00 Å². The van der Waals surface area contributed by atoms with E-state index in [-0.39, 0.29) is 12.5 Å². The second-order valence-corrected chi connectivity index (χ2v) is 4.49. The van der Waals surface area contributed by atoms with Crippen LogP contribution in [0.1, 0.15) is 12.8 Å². The minimum atomic E-state index is -4.47. The topological polar surface area (TPSA) is 67.2 Å². The summed E-state index contributed by atoms with van der Waals surface area (Å²) in [5.41, 5.74) is 0. The van der Waals surface area contributed by atoms with Gasteiger partial charge in [0, 0.05) is 0 Å². The van der Waals surface area contributed by atoms with Crippen LogP contribution in [0.15, 0.2) is 0 Å². The standard InChI is InChI=1S/C7H10FNO3S/c8-13(10,11)4-3-12-7(5-9)6-1-2-6/h6-7H,1-4H2. The van der Waals surface area contributed by atoms with E-state index in [1.807, 2.05) is 6.07 Å². The summed E-state index contributed by atoms with van der Waals surface area (Å²) >= 11 is 0. The number of rotatable bonds is 5. The lowest BCUT2D eigenvalue weighted by molar-refractivity contribution is 0.0874. The van der Waals surface area contributed by atoms with Crippen molar-refractivity contribution in [3.8, 4) is 6.07 Å². The summed E-state index contributed by atoms with van der Waals surface area (Å²) in [6.07, 6.45) is 1.29. The average molecular weight is 207 g/mol. The molecular formula is C7H10FNO3S. The lowest BCUT2D eigenvalue weighted by Crippen LogP contribution is -2.17. The smallest absolute Gasteiger partial charge is 0.304 e. The molecule has 0 bridgehead atoms. The summed E-state index contributed by atoms with van der Waals surface area (Å²) in [5.74, 6) is -0.454. The molecule has 0 heterocycles. The van der Waals surface area contributed by atoms with Crippen LogP contribution in [-0.4, -0.2) is 26.9 Å². The molecule has 1 rings (SSSR count). The van der Waals surface area contributed by atoms with Crippen LogP contribution < -0.4 is 0 Å². The maximum Gasteiger partial charge on any atom is 0.304 e. The Morgan fingerprint density at radius 1 is 1.62 bits per heavy atom. The number of nitriles is 1. The van der Waals surface area contributed by atoms with Gasteiger partial charge in [-0.05, 0) is 18.8 Å². The van der Waals surface area contributed by atoms with E-state index in [9.17, 15) is 12.3 Å². The first-order valence-electron chi connectivity index (χ1n) is 3.96. The molecule has 0 aliphatic heterocycles. The SMILES string of the molecule is N#CC(OCCS(=O)(=O)F)C1CC1. The van der Waals surface area contributed by atoms with Crippen molar-refractivity contribution in [2.24, 2.45) is 5.92 Å². The highest BCUT2D eigenvalue weighted by atomic mass is 32.3. The van der Waals surface area contributed by atoms with Gasteiger partial charge >= 0.3 is 10.2 Å². The number of hydrogen-bond acceptors (Lipinski definition) is 4. The molecule has 0 spiro atoms. The predicted molar refractivity (Wildman–Crippen MR) is 43.0 cm³/mol. The molecule has 6 heteroatoms. The Hall–Kier alpha value is -0.670. The van der Waals surface area contributed by atoms with Crippen molar-refractivity contribution in [1.82, 2.24) is 0 Å². The molecule has 1 unspecified atom stereocenters. The third kappa shape index (κ3) is 4.20. The number of halogens is 1. The lowest BCUT2D eigenvalue weighted by Gasteiger charge is -2.07. The van der Waals surface area contributed by atoms with E-state index in [0.717, 1.165) is 12.8 Å². The average Bonchev–Trinajstić information content (AvgIpc) is 2.78. The summed E-state index contributed by atoms with van der Waals surface area (Å²) < 4.78 is 37.0. The van der Waals surface area contributed by atoms with Gasteiger partial charge in [0.15, 0.2) is 0 Å². The minimum Gasteiger partial charge on any atom is -0.362 e. The fourth-order valence-corrected chi connectivity index (χ4v) is 1.25. The Bertz CT molecular complexity index is 304. The van der Waals surface area contributed by atoms with E-state index < -0.39 is 22.1 Å². The molecule has 1 aliphatic carbocycles. The first-order chi connectivity index (χ1) is 6.03. The van der Waals surface area contributed by atoms with Gasteiger partial charge in [-0.25, -0.2) is 0 Å². The second-order valence-electron chi connectivity index (χ2n) is 3.00. The highest BCUT2D eigenvalue weighted by molar-refractivity contribution is 7.86. The second kappa shape index (κ2) is 4.03. The molecule has 13 heavy (non-hydrogen) atoms. The van der Waals surface area contributed by atoms with E-state index in [1.54, 1.807) is 0 Å². The van der Waals surface area contributed by atoms with Crippen molar-refractivity contribution in [2.45, 2.75) is 18.9 Å². The molecule has 1 saturated carbocycles. The van der Waals surface area contributed by atoms with Gasteiger partial charge in [-0.3, -0.25) is 0 Å². The van der Waals surface area contributed by atoms with Crippen LogP contribution in [0, 0.1) is 17.2 Å².